The highest BCUT2D eigenvalue weighted by Crippen LogP contribution is 2.36. The van der Waals surface area contributed by atoms with E-state index in [1.165, 1.54) is 0 Å². The van der Waals surface area contributed by atoms with E-state index in [1.807, 2.05) is 65.6 Å². The van der Waals surface area contributed by atoms with Crippen molar-refractivity contribution < 1.29 is 9.53 Å². The van der Waals surface area contributed by atoms with E-state index in [2.05, 4.69) is 37.2 Å². The molecule has 0 spiro atoms. The molecule has 4 heterocycles. The predicted octanol–water partition coefficient (Wildman–Crippen LogP) is 4.06. The number of methoxy groups -OCH3 is 1. The molecule has 2 aliphatic rings. The first-order valence-corrected chi connectivity index (χ1v) is 14.5. The highest BCUT2D eigenvalue weighted by Gasteiger charge is 2.29. The summed E-state index contributed by atoms with van der Waals surface area (Å²) in [5.41, 5.74) is 4.78. The number of ether oxygens (including phenoxy) is 1. The molecule has 1 fully saturated rings. The molecule has 1 unspecified atom stereocenters. The topological polar surface area (TPSA) is 100 Å². The minimum atomic E-state index is -0.159. The molecule has 42 heavy (non-hydrogen) atoms. The summed E-state index contributed by atoms with van der Waals surface area (Å²) in [6.45, 7) is 4.29. The van der Waals surface area contributed by atoms with Crippen molar-refractivity contribution in [1.82, 2.24) is 25.0 Å². The fourth-order valence-corrected chi connectivity index (χ4v) is 5.76. The van der Waals surface area contributed by atoms with Gasteiger partial charge in [0.25, 0.3) is 0 Å². The van der Waals surface area contributed by atoms with Crippen molar-refractivity contribution in [3.63, 3.8) is 0 Å². The summed E-state index contributed by atoms with van der Waals surface area (Å²) >= 11 is 0. The molecule has 1 amide bonds. The van der Waals surface area contributed by atoms with Crippen LogP contribution in [-0.2, 0) is 4.79 Å². The molecule has 10 heteroatoms. The zero-order chi connectivity index (χ0) is 28.7. The first-order chi connectivity index (χ1) is 20.7. The molecule has 2 aromatic heterocycles. The van der Waals surface area contributed by atoms with Crippen molar-refractivity contribution in [2.75, 3.05) is 51.4 Å². The molecule has 0 saturated carbocycles. The minimum Gasteiger partial charge on any atom is -0.494 e. The molecule has 6 rings (SSSR count). The zero-order valence-corrected chi connectivity index (χ0v) is 23.9. The third kappa shape index (κ3) is 6.18. The number of nitrogens with one attached hydrogen (secondary N) is 1. The number of nitrogens with zero attached hydrogens (tertiary/aromatic N) is 7. The second-order valence-electron chi connectivity index (χ2n) is 10.5. The molecule has 0 bridgehead atoms. The zero-order valence-electron chi connectivity index (χ0n) is 23.9. The predicted molar refractivity (Wildman–Crippen MR) is 166 cm³/mol. The van der Waals surface area contributed by atoms with E-state index in [9.17, 15) is 4.79 Å². The first-order valence-electron chi connectivity index (χ1n) is 14.5. The molecule has 1 saturated heterocycles. The lowest BCUT2D eigenvalue weighted by atomic mass is 10.1. The maximum Gasteiger partial charge on any atom is 0.221 e. The highest BCUT2D eigenvalue weighted by molar-refractivity contribution is 6.31. The number of fused-ring (bicyclic) bond motifs is 1. The largest absolute Gasteiger partial charge is 0.494 e. The number of anilines is 1. The van der Waals surface area contributed by atoms with Crippen LogP contribution in [0.1, 0.15) is 31.0 Å². The van der Waals surface area contributed by atoms with E-state index < -0.39 is 0 Å². The van der Waals surface area contributed by atoms with Crippen molar-refractivity contribution in [2.45, 2.75) is 25.3 Å². The lowest BCUT2D eigenvalue weighted by Gasteiger charge is -2.30. The first kappa shape index (κ1) is 27.6. The lowest BCUT2D eigenvalue weighted by Crippen LogP contribution is -2.37. The van der Waals surface area contributed by atoms with Crippen molar-refractivity contribution >= 4 is 34.4 Å². The van der Waals surface area contributed by atoms with Gasteiger partial charge in [0.2, 0.25) is 5.91 Å². The number of pyridine rings is 1. The average Bonchev–Trinajstić information content (AvgIpc) is 3.68. The number of hydrogen-bond acceptors (Lipinski definition) is 8. The second kappa shape index (κ2) is 12.9. The monoisotopic (exact) mass is 564 g/mol. The Morgan fingerprint density at radius 3 is 2.76 bits per heavy atom. The van der Waals surface area contributed by atoms with Crippen LogP contribution in [0.25, 0.3) is 16.6 Å². The molecule has 216 valence electrons. The number of rotatable bonds is 10. The summed E-state index contributed by atoms with van der Waals surface area (Å²) in [6.07, 6.45) is 7.54. The van der Waals surface area contributed by atoms with E-state index in [1.54, 1.807) is 13.3 Å². The summed E-state index contributed by atoms with van der Waals surface area (Å²) in [4.78, 5) is 31.2. The summed E-state index contributed by atoms with van der Waals surface area (Å²) in [6, 6.07) is 20.1. The molecule has 1 atom stereocenters. The maximum atomic E-state index is 13.2. The minimum absolute atomic E-state index is 0.00539. The van der Waals surface area contributed by atoms with Gasteiger partial charge in [-0.3, -0.25) is 24.7 Å². The lowest BCUT2D eigenvalue weighted by molar-refractivity contribution is -0.122. The van der Waals surface area contributed by atoms with Gasteiger partial charge < -0.3 is 15.0 Å². The summed E-state index contributed by atoms with van der Waals surface area (Å²) in [5.74, 6) is 0.829. The third-order valence-corrected chi connectivity index (χ3v) is 7.87. The molecule has 1 N–H and O–H groups in total. The smallest absolute Gasteiger partial charge is 0.221 e. The standard InChI is InChI=1S/C32H36N8O2/c1-42-29-11-10-24-7-5-14-35-31(24)32(29)39-17-6-16-38(19-20-39)28(21-30(41)34-15-12-25-22-33-23-36-25)27-13-18-40(37-27)26-8-3-2-4-9-26/h2-5,7-11,13-14,18,22,28H,6,12,15-17,19-21,23H2,1H3,(H,34,41). The quantitative estimate of drug-likeness (QED) is 0.312. The van der Waals surface area contributed by atoms with Crippen molar-refractivity contribution in [3.8, 4) is 11.4 Å². The van der Waals surface area contributed by atoms with Crippen LogP contribution in [0.15, 0.2) is 83.0 Å². The van der Waals surface area contributed by atoms with Crippen molar-refractivity contribution in [3.05, 3.63) is 78.8 Å². The highest BCUT2D eigenvalue weighted by atomic mass is 16.5. The summed E-state index contributed by atoms with van der Waals surface area (Å²) < 4.78 is 7.67. The maximum absolute atomic E-state index is 13.2. The molecule has 0 aliphatic carbocycles. The number of aromatic nitrogens is 3. The van der Waals surface area contributed by atoms with E-state index in [4.69, 9.17) is 14.8 Å². The summed E-state index contributed by atoms with van der Waals surface area (Å²) in [5, 5.41) is 9.13. The normalized spacial score (nSPS) is 16.3. The number of para-hydroxylation sites is 1. The molecular formula is C32H36N8O2. The molecule has 0 radical (unpaired) electrons. The van der Waals surface area contributed by atoms with Crippen LogP contribution in [0.3, 0.4) is 0 Å². The Bertz CT molecular complexity index is 1580. The SMILES string of the molecule is COc1ccc2cccnc2c1N1CCCN(C(CC(=O)NCCC2=NCN=C2)c2ccn(-c3ccccc3)n2)CC1. The average molecular weight is 565 g/mol. The van der Waals surface area contributed by atoms with Gasteiger partial charge in [-0.25, -0.2) is 4.68 Å². The van der Waals surface area contributed by atoms with Gasteiger partial charge >= 0.3 is 0 Å². The second-order valence-corrected chi connectivity index (χ2v) is 10.5. The number of amides is 1. The van der Waals surface area contributed by atoms with Gasteiger partial charge in [0.05, 0.1) is 35.8 Å². The Morgan fingerprint density at radius 2 is 1.93 bits per heavy atom. The Kier molecular flexibility index (Phi) is 8.51. The van der Waals surface area contributed by atoms with Crippen LogP contribution < -0.4 is 15.0 Å². The van der Waals surface area contributed by atoms with Gasteiger partial charge in [0.15, 0.2) is 0 Å². The Balaban J connectivity index is 1.22. The van der Waals surface area contributed by atoms with Crippen LogP contribution in [0, 0.1) is 0 Å². The molecule has 2 aliphatic heterocycles. The van der Waals surface area contributed by atoms with E-state index in [0.29, 0.717) is 26.1 Å². The van der Waals surface area contributed by atoms with Crippen LogP contribution in [0.4, 0.5) is 5.69 Å². The Hall–Kier alpha value is -4.57. The third-order valence-electron chi connectivity index (χ3n) is 7.87. The van der Waals surface area contributed by atoms with E-state index in [0.717, 1.165) is 72.0 Å². The van der Waals surface area contributed by atoms with Gasteiger partial charge in [0.1, 0.15) is 18.1 Å². The van der Waals surface area contributed by atoms with E-state index in [-0.39, 0.29) is 11.9 Å². The van der Waals surface area contributed by atoms with Crippen molar-refractivity contribution in [2.24, 2.45) is 9.98 Å². The van der Waals surface area contributed by atoms with Crippen LogP contribution in [0.2, 0.25) is 0 Å². The molecule has 10 nitrogen and oxygen atoms in total. The number of carbonyl (C=O) groups is 1. The van der Waals surface area contributed by atoms with Crippen LogP contribution in [-0.4, -0.2) is 84.0 Å². The number of benzene rings is 2. The van der Waals surface area contributed by atoms with Crippen LogP contribution in [0.5, 0.6) is 5.75 Å². The van der Waals surface area contributed by atoms with Gasteiger partial charge in [-0.1, -0.05) is 24.3 Å². The van der Waals surface area contributed by atoms with Gasteiger partial charge in [-0.2, -0.15) is 5.10 Å². The fourth-order valence-electron chi connectivity index (χ4n) is 5.76. The van der Waals surface area contributed by atoms with Crippen molar-refractivity contribution in [1.29, 1.82) is 0 Å². The van der Waals surface area contributed by atoms with Gasteiger partial charge in [-0.15, -0.1) is 0 Å². The van der Waals surface area contributed by atoms with Crippen LogP contribution >= 0.6 is 0 Å². The Labute approximate surface area is 245 Å². The molecular weight excluding hydrogens is 528 g/mol. The molecule has 4 aromatic rings. The molecule has 2 aromatic carbocycles. The number of aliphatic imine (C=N–C) groups is 2. The van der Waals surface area contributed by atoms with E-state index >= 15 is 0 Å². The van der Waals surface area contributed by atoms with Gasteiger partial charge in [0, 0.05) is 69.6 Å². The Morgan fingerprint density at radius 1 is 1.02 bits per heavy atom. The fraction of sp³-hybridized carbons (Fsp3) is 0.344. The number of hydrogen-bond donors (Lipinski definition) is 1. The van der Waals surface area contributed by atoms with Gasteiger partial charge in [-0.05, 0) is 42.8 Å². The number of carbonyl (C=O) groups excluding carboxylic acids is 1. The summed E-state index contributed by atoms with van der Waals surface area (Å²) in [7, 11) is 1.71.